The fraction of sp³-hybridized carbons (Fsp3) is 0.182. The van der Waals surface area contributed by atoms with Gasteiger partial charge >= 0.3 is 0 Å². The van der Waals surface area contributed by atoms with E-state index in [0.717, 1.165) is 21.2 Å². The average molecular weight is 485 g/mol. The van der Waals surface area contributed by atoms with Gasteiger partial charge < -0.3 is 14.8 Å². The minimum absolute atomic E-state index is 0. The highest BCUT2D eigenvalue weighted by molar-refractivity contribution is 9.10. The summed E-state index contributed by atoms with van der Waals surface area (Å²) in [5.41, 5.74) is 2.88. The monoisotopic (exact) mass is 483 g/mol. The van der Waals surface area contributed by atoms with Crippen molar-refractivity contribution in [3.63, 3.8) is 0 Å². The van der Waals surface area contributed by atoms with E-state index in [1.165, 1.54) is 24.3 Å². The smallest absolute Gasteiger partial charge is 0.175 e. The first-order chi connectivity index (χ1) is 13.5. The Morgan fingerprint density at radius 2 is 1.38 bits per heavy atom. The topological polar surface area (TPSA) is 30.5 Å². The molecule has 3 aromatic carbocycles. The van der Waals surface area contributed by atoms with Crippen LogP contribution in [-0.4, -0.2) is 7.11 Å². The minimum Gasteiger partial charge on any atom is -0.493 e. The zero-order valence-corrected chi connectivity index (χ0v) is 18.2. The molecule has 0 aliphatic carbocycles. The lowest BCUT2D eigenvalue weighted by molar-refractivity contribution is 0.282. The third kappa shape index (κ3) is 6.70. The van der Waals surface area contributed by atoms with Crippen LogP contribution in [0.25, 0.3) is 0 Å². The molecule has 0 amide bonds. The van der Waals surface area contributed by atoms with Crippen molar-refractivity contribution in [1.82, 2.24) is 5.32 Å². The molecule has 0 unspecified atom stereocenters. The summed E-state index contributed by atoms with van der Waals surface area (Å²) in [5.74, 6) is 0.679. The summed E-state index contributed by atoms with van der Waals surface area (Å²) >= 11 is 3.53. The summed E-state index contributed by atoms with van der Waals surface area (Å²) in [6.45, 7) is 1.55. The maximum Gasteiger partial charge on any atom is 0.175 e. The lowest BCUT2D eigenvalue weighted by Crippen LogP contribution is -2.13. The van der Waals surface area contributed by atoms with Crippen molar-refractivity contribution in [2.45, 2.75) is 19.7 Å². The van der Waals surface area contributed by atoms with Gasteiger partial charge in [-0.1, -0.05) is 24.3 Å². The van der Waals surface area contributed by atoms with Crippen LogP contribution < -0.4 is 14.8 Å². The lowest BCUT2D eigenvalue weighted by atomic mass is 10.1. The van der Waals surface area contributed by atoms with Crippen molar-refractivity contribution >= 4 is 28.3 Å². The van der Waals surface area contributed by atoms with Gasteiger partial charge in [0.2, 0.25) is 0 Å². The summed E-state index contributed by atoms with van der Waals surface area (Å²) in [4.78, 5) is 0. The maximum absolute atomic E-state index is 13.0. The van der Waals surface area contributed by atoms with Gasteiger partial charge in [0, 0.05) is 13.1 Å². The second kappa shape index (κ2) is 11.1. The first-order valence-corrected chi connectivity index (χ1v) is 9.53. The number of nitrogens with one attached hydrogen (secondary N) is 1. The van der Waals surface area contributed by atoms with Gasteiger partial charge in [-0.3, -0.25) is 0 Å². The van der Waals surface area contributed by atoms with Crippen LogP contribution >= 0.6 is 28.3 Å². The van der Waals surface area contributed by atoms with Crippen molar-refractivity contribution in [2.75, 3.05) is 7.11 Å². The van der Waals surface area contributed by atoms with Crippen LogP contribution in [0.4, 0.5) is 8.78 Å². The molecule has 0 saturated carbocycles. The Morgan fingerprint density at radius 3 is 1.97 bits per heavy atom. The fourth-order valence-electron chi connectivity index (χ4n) is 2.70. The molecular formula is C22H21BrClF2NO2. The Morgan fingerprint density at radius 1 is 0.828 bits per heavy atom. The Kier molecular flexibility index (Phi) is 8.89. The number of methoxy groups -OCH3 is 1. The van der Waals surface area contributed by atoms with Crippen LogP contribution in [-0.2, 0) is 19.7 Å². The number of ether oxygens (including phenoxy) is 2. The largest absolute Gasteiger partial charge is 0.493 e. The van der Waals surface area contributed by atoms with E-state index in [1.807, 2.05) is 12.1 Å². The summed E-state index contributed by atoms with van der Waals surface area (Å²) in [6.07, 6.45) is 0. The Hall–Kier alpha value is -2.15. The number of benzene rings is 3. The molecule has 1 N–H and O–H groups in total. The van der Waals surface area contributed by atoms with E-state index in [-0.39, 0.29) is 24.0 Å². The highest BCUT2D eigenvalue weighted by Crippen LogP contribution is 2.37. The molecule has 3 aromatic rings. The number of hydrogen-bond donors (Lipinski definition) is 1. The van der Waals surface area contributed by atoms with Crippen LogP contribution in [0.2, 0.25) is 0 Å². The molecule has 0 aliphatic heterocycles. The average Bonchev–Trinajstić information content (AvgIpc) is 2.69. The zero-order chi connectivity index (χ0) is 19.9. The number of halogens is 4. The minimum atomic E-state index is -0.278. The summed E-state index contributed by atoms with van der Waals surface area (Å²) in [5, 5.41) is 3.32. The van der Waals surface area contributed by atoms with Gasteiger partial charge in [0.15, 0.2) is 11.5 Å². The van der Waals surface area contributed by atoms with E-state index in [0.29, 0.717) is 31.2 Å². The molecule has 3 nitrogen and oxygen atoms in total. The van der Waals surface area contributed by atoms with Crippen LogP contribution in [0, 0.1) is 11.6 Å². The normalized spacial score (nSPS) is 10.3. The lowest BCUT2D eigenvalue weighted by Gasteiger charge is -2.15. The Bertz CT molecular complexity index is 921. The highest BCUT2D eigenvalue weighted by Gasteiger charge is 2.12. The Labute approximate surface area is 183 Å². The van der Waals surface area contributed by atoms with Crippen LogP contribution in [0.15, 0.2) is 65.1 Å². The highest BCUT2D eigenvalue weighted by atomic mass is 79.9. The van der Waals surface area contributed by atoms with Crippen LogP contribution in [0.3, 0.4) is 0 Å². The second-order valence-electron chi connectivity index (χ2n) is 6.25. The summed E-state index contributed by atoms with van der Waals surface area (Å²) in [7, 11) is 1.59. The molecule has 0 aliphatic rings. The van der Waals surface area contributed by atoms with E-state index in [2.05, 4.69) is 21.2 Å². The van der Waals surface area contributed by atoms with Crippen molar-refractivity contribution < 1.29 is 18.3 Å². The van der Waals surface area contributed by atoms with E-state index < -0.39 is 0 Å². The van der Waals surface area contributed by atoms with E-state index >= 15 is 0 Å². The first kappa shape index (κ1) is 23.1. The zero-order valence-electron chi connectivity index (χ0n) is 15.8. The molecule has 0 fully saturated rings. The third-order valence-electron chi connectivity index (χ3n) is 4.16. The molecule has 3 rings (SSSR count). The van der Waals surface area contributed by atoms with Gasteiger partial charge in [-0.15, -0.1) is 12.4 Å². The molecule has 0 radical (unpaired) electrons. The summed E-state index contributed by atoms with van der Waals surface area (Å²) < 4.78 is 38.1. The first-order valence-electron chi connectivity index (χ1n) is 8.74. The Balaban J connectivity index is 0.00000300. The molecule has 29 heavy (non-hydrogen) atoms. The SMILES string of the molecule is COc1cc(CNCc2ccc(F)cc2)cc(Br)c1OCc1ccc(F)cc1.Cl. The van der Waals surface area contributed by atoms with Gasteiger partial charge in [-0.25, -0.2) is 8.78 Å². The van der Waals surface area contributed by atoms with Gasteiger partial charge in [-0.05, 0) is 69.0 Å². The fourth-order valence-corrected chi connectivity index (χ4v) is 3.31. The van der Waals surface area contributed by atoms with E-state index in [9.17, 15) is 8.78 Å². The molecule has 0 heterocycles. The van der Waals surface area contributed by atoms with E-state index in [1.54, 1.807) is 31.4 Å². The number of hydrogen-bond acceptors (Lipinski definition) is 3. The molecule has 0 bridgehead atoms. The van der Waals surface area contributed by atoms with Gasteiger partial charge in [0.05, 0.1) is 11.6 Å². The quantitative estimate of drug-likeness (QED) is 0.424. The van der Waals surface area contributed by atoms with Crippen molar-refractivity contribution in [3.05, 3.63) is 93.5 Å². The molecule has 0 saturated heterocycles. The molecule has 0 aromatic heterocycles. The van der Waals surface area contributed by atoms with Crippen molar-refractivity contribution in [1.29, 1.82) is 0 Å². The van der Waals surface area contributed by atoms with Crippen molar-refractivity contribution in [3.8, 4) is 11.5 Å². The third-order valence-corrected chi connectivity index (χ3v) is 4.75. The maximum atomic E-state index is 13.0. The molecular weight excluding hydrogens is 464 g/mol. The van der Waals surface area contributed by atoms with Gasteiger partial charge in [-0.2, -0.15) is 0 Å². The van der Waals surface area contributed by atoms with Crippen LogP contribution in [0.5, 0.6) is 11.5 Å². The van der Waals surface area contributed by atoms with Gasteiger partial charge in [0.25, 0.3) is 0 Å². The standard InChI is InChI=1S/C22H20BrF2NO2.ClH/c1-27-21-11-17(13-26-12-15-2-6-18(24)7-3-15)10-20(23)22(21)28-14-16-4-8-19(25)9-5-16;/h2-11,26H,12-14H2,1H3;1H. The molecule has 154 valence electrons. The molecule has 7 heteroatoms. The number of rotatable bonds is 8. The second-order valence-corrected chi connectivity index (χ2v) is 7.11. The predicted octanol–water partition coefficient (Wildman–Crippen LogP) is 6.03. The predicted molar refractivity (Wildman–Crippen MR) is 116 cm³/mol. The van der Waals surface area contributed by atoms with E-state index in [4.69, 9.17) is 9.47 Å². The molecule has 0 atom stereocenters. The van der Waals surface area contributed by atoms with Gasteiger partial charge in [0.1, 0.15) is 18.2 Å². The van der Waals surface area contributed by atoms with Crippen molar-refractivity contribution in [2.24, 2.45) is 0 Å². The molecule has 0 spiro atoms. The summed E-state index contributed by atoms with van der Waals surface area (Å²) in [6, 6.07) is 16.4. The van der Waals surface area contributed by atoms with Crippen LogP contribution in [0.1, 0.15) is 16.7 Å².